The van der Waals surface area contributed by atoms with Crippen molar-refractivity contribution in [2.75, 3.05) is 12.4 Å². The number of hydrogen-bond donors (Lipinski definition) is 1. The van der Waals surface area contributed by atoms with Gasteiger partial charge < -0.3 is 14.8 Å². The fraction of sp³-hybridized carbons (Fsp3) is 0.286. The molecule has 0 aliphatic heterocycles. The number of anilines is 2. The first kappa shape index (κ1) is 14.4. The van der Waals surface area contributed by atoms with Crippen LogP contribution < -0.4 is 14.8 Å². The molecule has 20 heavy (non-hydrogen) atoms. The summed E-state index contributed by atoms with van der Waals surface area (Å²) in [6.07, 6.45) is 1.53. The Kier molecular flexibility index (Phi) is 4.63. The average molecular weight is 294 g/mol. The van der Waals surface area contributed by atoms with Gasteiger partial charge in [0.05, 0.1) is 13.2 Å². The zero-order valence-electron chi connectivity index (χ0n) is 11.6. The van der Waals surface area contributed by atoms with Crippen molar-refractivity contribution < 1.29 is 9.47 Å². The van der Waals surface area contributed by atoms with E-state index >= 15 is 0 Å². The van der Waals surface area contributed by atoms with E-state index in [4.69, 9.17) is 21.1 Å². The first-order valence-electron chi connectivity index (χ1n) is 6.18. The Balaban J connectivity index is 2.16. The first-order chi connectivity index (χ1) is 9.60. The number of halogens is 1. The lowest BCUT2D eigenvalue weighted by atomic mass is 10.3. The maximum absolute atomic E-state index is 5.94. The monoisotopic (exact) mass is 293 g/mol. The largest absolute Gasteiger partial charge is 0.491 e. The fourth-order valence-electron chi connectivity index (χ4n) is 1.65. The standard InChI is InChI=1S/C14H16ClN3O2/c1-9(2)20-11-6-4-10(5-7-11)18-14-12(19-3)13(15)16-8-17-14/h4-9H,1-3H3,(H,16,17,18). The molecule has 0 bridgehead atoms. The van der Waals surface area contributed by atoms with Crippen molar-refractivity contribution in [1.29, 1.82) is 0 Å². The first-order valence-corrected chi connectivity index (χ1v) is 6.56. The van der Waals surface area contributed by atoms with Crippen molar-refractivity contribution in [3.63, 3.8) is 0 Å². The van der Waals surface area contributed by atoms with Gasteiger partial charge in [0.15, 0.2) is 16.7 Å². The summed E-state index contributed by atoms with van der Waals surface area (Å²) in [6.45, 7) is 3.97. The van der Waals surface area contributed by atoms with Crippen LogP contribution in [-0.4, -0.2) is 23.2 Å². The lowest BCUT2D eigenvalue weighted by Gasteiger charge is -2.12. The van der Waals surface area contributed by atoms with Crippen LogP contribution in [0.5, 0.6) is 11.5 Å². The van der Waals surface area contributed by atoms with E-state index in [1.54, 1.807) is 0 Å². The highest BCUT2D eigenvalue weighted by Gasteiger charge is 2.10. The molecule has 1 N–H and O–H groups in total. The Morgan fingerprint density at radius 2 is 1.85 bits per heavy atom. The van der Waals surface area contributed by atoms with Gasteiger partial charge in [0.25, 0.3) is 0 Å². The molecule has 2 aromatic rings. The number of nitrogens with one attached hydrogen (secondary N) is 1. The van der Waals surface area contributed by atoms with E-state index in [1.807, 2.05) is 38.1 Å². The predicted octanol–water partition coefficient (Wildman–Crippen LogP) is 3.67. The van der Waals surface area contributed by atoms with E-state index in [0.717, 1.165) is 11.4 Å². The van der Waals surface area contributed by atoms with Crippen LogP contribution in [0.4, 0.5) is 11.5 Å². The molecule has 0 atom stereocenters. The van der Waals surface area contributed by atoms with E-state index in [-0.39, 0.29) is 11.3 Å². The molecular weight excluding hydrogens is 278 g/mol. The highest BCUT2D eigenvalue weighted by Crippen LogP contribution is 2.31. The maximum atomic E-state index is 5.94. The van der Waals surface area contributed by atoms with Gasteiger partial charge in [-0.25, -0.2) is 9.97 Å². The van der Waals surface area contributed by atoms with Gasteiger partial charge in [-0.1, -0.05) is 11.6 Å². The molecule has 1 aromatic heterocycles. The summed E-state index contributed by atoms with van der Waals surface area (Å²) < 4.78 is 10.8. The minimum atomic E-state index is 0.148. The van der Waals surface area contributed by atoms with Gasteiger partial charge in [-0.3, -0.25) is 0 Å². The molecule has 0 unspecified atom stereocenters. The topological polar surface area (TPSA) is 56.3 Å². The quantitative estimate of drug-likeness (QED) is 0.852. The number of benzene rings is 1. The highest BCUT2D eigenvalue weighted by molar-refractivity contribution is 6.31. The maximum Gasteiger partial charge on any atom is 0.199 e. The zero-order valence-corrected chi connectivity index (χ0v) is 12.3. The average Bonchev–Trinajstić information content (AvgIpc) is 2.41. The molecule has 0 spiro atoms. The molecular formula is C14H16ClN3O2. The molecule has 0 saturated heterocycles. The minimum Gasteiger partial charge on any atom is -0.491 e. The van der Waals surface area contributed by atoms with Crippen molar-refractivity contribution in [3.8, 4) is 11.5 Å². The van der Waals surface area contributed by atoms with Crippen molar-refractivity contribution in [3.05, 3.63) is 35.7 Å². The summed E-state index contributed by atoms with van der Waals surface area (Å²) in [5.74, 6) is 1.75. The number of aromatic nitrogens is 2. The Labute approximate surface area is 122 Å². The van der Waals surface area contributed by atoms with E-state index in [2.05, 4.69) is 15.3 Å². The summed E-state index contributed by atoms with van der Waals surface area (Å²) in [5.41, 5.74) is 0.856. The second-order valence-corrected chi connectivity index (χ2v) is 4.72. The second-order valence-electron chi connectivity index (χ2n) is 4.36. The molecule has 0 saturated carbocycles. The van der Waals surface area contributed by atoms with Crippen LogP contribution in [0, 0.1) is 0 Å². The summed E-state index contributed by atoms with van der Waals surface area (Å²) >= 11 is 5.94. The zero-order chi connectivity index (χ0) is 14.5. The van der Waals surface area contributed by atoms with Gasteiger partial charge in [0, 0.05) is 5.69 Å². The van der Waals surface area contributed by atoms with Crippen LogP contribution >= 0.6 is 11.6 Å². The van der Waals surface area contributed by atoms with E-state index in [0.29, 0.717) is 11.6 Å². The summed E-state index contributed by atoms with van der Waals surface area (Å²) in [6, 6.07) is 7.57. The third-order valence-electron chi connectivity index (χ3n) is 2.45. The van der Waals surface area contributed by atoms with Crippen molar-refractivity contribution in [2.24, 2.45) is 0 Å². The van der Waals surface area contributed by atoms with E-state index in [9.17, 15) is 0 Å². The van der Waals surface area contributed by atoms with Crippen LogP contribution in [0.25, 0.3) is 0 Å². The molecule has 0 aliphatic rings. The summed E-state index contributed by atoms with van der Waals surface area (Å²) in [4.78, 5) is 7.98. The number of ether oxygens (including phenoxy) is 2. The molecule has 0 amide bonds. The van der Waals surface area contributed by atoms with E-state index < -0.39 is 0 Å². The van der Waals surface area contributed by atoms with Crippen LogP contribution in [0.1, 0.15) is 13.8 Å². The molecule has 0 radical (unpaired) electrons. The van der Waals surface area contributed by atoms with Crippen LogP contribution in [-0.2, 0) is 0 Å². The predicted molar refractivity (Wildman–Crippen MR) is 79.1 cm³/mol. The van der Waals surface area contributed by atoms with Crippen LogP contribution in [0.2, 0.25) is 5.15 Å². The molecule has 1 aromatic carbocycles. The number of methoxy groups -OCH3 is 1. The Morgan fingerprint density at radius 1 is 1.15 bits per heavy atom. The van der Waals surface area contributed by atoms with Gasteiger partial charge in [-0.2, -0.15) is 0 Å². The summed E-state index contributed by atoms with van der Waals surface area (Å²) in [7, 11) is 1.52. The lowest BCUT2D eigenvalue weighted by molar-refractivity contribution is 0.242. The van der Waals surface area contributed by atoms with Crippen molar-refractivity contribution in [2.45, 2.75) is 20.0 Å². The normalized spacial score (nSPS) is 10.4. The SMILES string of the molecule is COc1c(Cl)ncnc1Nc1ccc(OC(C)C)cc1. The molecule has 0 fully saturated rings. The Morgan fingerprint density at radius 3 is 2.45 bits per heavy atom. The number of rotatable bonds is 5. The van der Waals surface area contributed by atoms with Gasteiger partial charge in [0.2, 0.25) is 0 Å². The minimum absolute atomic E-state index is 0.148. The molecule has 2 rings (SSSR count). The Hall–Kier alpha value is -2.01. The molecule has 1 heterocycles. The highest BCUT2D eigenvalue weighted by atomic mass is 35.5. The molecule has 0 aliphatic carbocycles. The number of nitrogens with zero attached hydrogens (tertiary/aromatic N) is 2. The van der Waals surface area contributed by atoms with Gasteiger partial charge in [-0.15, -0.1) is 0 Å². The number of hydrogen-bond acceptors (Lipinski definition) is 5. The van der Waals surface area contributed by atoms with Crippen LogP contribution in [0.3, 0.4) is 0 Å². The Bertz CT molecular complexity index is 573. The van der Waals surface area contributed by atoms with Gasteiger partial charge in [-0.05, 0) is 38.1 Å². The smallest absolute Gasteiger partial charge is 0.199 e. The van der Waals surface area contributed by atoms with Gasteiger partial charge >= 0.3 is 0 Å². The van der Waals surface area contributed by atoms with Crippen LogP contribution in [0.15, 0.2) is 30.6 Å². The fourth-order valence-corrected chi connectivity index (χ4v) is 1.86. The van der Waals surface area contributed by atoms with E-state index in [1.165, 1.54) is 13.4 Å². The third kappa shape index (κ3) is 3.51. The summed E-state index contributed by atoms with van der Waals surface area (Å²) in [5, 5.41) is 3.40. The molecule has 106 valence electrons. The lowest BCUT2D eigenvalue weighted by Crippen LogP contribution is -2.05. The third-order valence-corrected chi connectivity index (χ3v) is 2.72. The van der Waals surface area contributed by atoms with Gasteiger partial charge in [0.1, 0.15) is 12.1 Å². The molecule has 5 nitrogen and oxygen atoms in total. The second kappa shape index (κ2) is 6.43. The van der Waals surface area contributed by atoms with Crippen molar-refractivity contribution >= 4 is 23.1 Å². The van der Waals surface area contributed by atoms with Crippen molar-refractivity contribution in [1.82, 2.24) is 9.97 Å². The molecule has 6 heteroatoms.